The Labute approximate surface area is 578 Å². The highest BCUT2D eigenvalue weighted by Crippen LogP contribution is 2.38. The monoisotopic (exact) mass is 1320 g/mol. The number of esters is 2. The lowest BCUT2D eigenvalue weighted by Crippen LogP contribution is -2.37. The van der Waals surface area contributed by atoms with Crippen molar-refractivity contribution in [3.8, 4) is 0 Å². The van der Waals surface area contributed by atoms with Crippen LogP contribution in [0.15, 0.2) is 182 Å². The zero-order valence-corrected chi connectivity index (χ0v) is 61.5. The van der Waals surface area contributed by atoms with Gasteiger partial charge in [0.15, 0.2) is 6.10 Å². The molecule has 0 aliphatic carbocycles. The zero-order valence-electron chi connectivity index (χ0n) is 60.6. The molecule has 0 aliphatic rings. The standard InChI is InChI=1S/C84H138NO8P/c1-6-8-10-12-14-16-18-20-22-24-26-28-30-32-34-36-38-40-41-42-43-45-47-49-51-53-55-57-59-61-63-65-67-69-71-73-75-77-84(87)93-82(81-92-94(88,89)91-79-78-85(3,4)5)80-90-83(86)76-74-72-70-68-66-64-62-60-58-56-54-52-50-48-46-44-39-37-35-33-31-29-27-25-23-21-19-17-15-13-11-9-7-2/h8-11,14-17,20-23,26-29,32-35,38-40,42-44,47,49,53,55,82H,6-7,12-13,18-19,24-25,30-31,36-37,41,45-46,48,50-52,54,56-81H2,1-5H3/b10-8-,11-9-,16-14-,17-15-,22-20-,23-21-,28-26-,29-27-,34-32-,35-33-,40-38-,43-42-,44-39-,49-47-,55-53-. The smallest absolute Gasteiger partial charge is 0.306 e. The minimum absolute atomic E-state index is 0.0404. The van der Waals surface area contributed by atoms with Gasteiger partial charge in [-0.3, -0.25) is 14.2 Å². The summed E-state index contributed by atoms with van der Waals surface area (Å²) in [5.74, 6) is -0.847. The fraction of sp³-hybridized carbons (Fsp3) is 0.619. The van der Waals surface area contributed by atoms with Crippen molar-refractivity contribution < 1.29 is 42.1 Å². The third-order valence-electron chi connectivity index (χ3n) is 15.4. The quantitative estimate of drug-likeness (QED) is 0.0195. The van der Waals surface area contributed by atoms with E-state index in [0.29, 0.717) is 17.4 Å². The van der Waals surface area contributed by atoms with E-state index in [0.717, 1.165) is 141 Å². The number of phosphoric acid groups is 1. The van der Waals surface area contributed by atoms with Crippen molar-refractivity contribution in [2.45, 2.75) is 290 Å². The van der Waals surface area contributed by atoms with Crippen LogP contribution >= 0.6 is 7.82 Å². The van der Waals surface area contributed by atoms with Gasteiger partial charge >= 0.3 is 11.9 Å². The van der Waals surface area contributed by atoms with Gasteiger partial charge in [0, 0.05) is 12.8 Å². The third kappa shape index (κ3) is 76.1. The largest absolute Gasteiger partial charge is 0.756 e. The topological polar surface area (TPSA) is 111 Å². The molecule has 0 heterocycles. The third-order valence-corrected chi connectivity index (χ3v) is 16.4. The number of ether oxygens (including phenoxy) is 2. The molecule has 0 bridgehead atoms. The molecule has 0 aromatic heterocycles. The minimum Gasteiger partial charge on any atom is -0.756 e. The van der Waals surface area contributed by atoms with Crippen LogP contribution in [0.3, 0.4) is 0 Å². The molecule has 10 heteroatoms. The highest BCUT2D eigenvalue weighted by molar-refractivity contribution is 7.45. The molecular weight excluding hydrogens is 1180 g/mol. The van der Waals surface area contributed by atoms with Crippen LogP contribution in [0.25, 0.3) is 0 Å². The average Bonchev–Trinajstić information content (AvgIpc) is 1.56. The Balaban J connectivity index is 4.10. The number of quaternary nitrogens is 1. The number of unbranched alkanes of at least 4 members (excludes halogenated alkanes) is 23. The molecule has 0 rings (SSSR count). The average molecular weight is 1320 g/mol. The Morgan fingerprint density at radius 1 is 0.330 bits per heavy atom. The van der Waals surface area contributed by atoms with Crippen molar-refractivity contribution in [2.75, 3.05) is 47.5 Å². The number of carbonyl (C=O) groups is 2. The van der Waals surface area contributed by atoms with E-state index in [-0.39, 0.29) is 32.0 Å². The summed E-state index contributed by atoms with van der Waals surface area (Å²) in [6.07, 6.45) is 111. The van der Waals surface area contributed by atoms with Crippen LogP contribution in [-0.4, -0.2) is 70.0 Å². The number of likely N-dealkylation sites (N-methyl/N-ethyl adjacent to an activating group) is 1. The number of phosphoric ester groups is 1. The summed E-state index contributed by atoms with van der Waals surface area (Å²) in [7, 11) is 1.14. The molecule has 0 aromatic rings. The first-order valence-electron chi connectivity index (χ1n) is 37.5. The Kier molecular flexibility index (Phi) is 68.6. The first kappa shape index (κ1) is 89.1. The molecular formula is C84H138NO8P. The van der Waals surface area contributed by atoms with Gasteiger partial charge in [0.25, 0.3) is 7.82 Å². The maximum absolute atomic E-state index is 12.9. The first-order chi connectivity index (χ1) is 46.0. The lowest BCUT2D eigenvalue weighted by Gasteiger charge is -2.28. The molecule has 0 radical (unpaired) electrons. The van der Waals surface area contributed by atoms with Crippen molar-refractivity contribution in [1.82, 2.24) is 0 Å². The lowest BCUT2D eigenvalue weighted by atomic mass is 10.0. The number of hydrogen-bond donors (Lipinski definition) is 0. The SMILES string of the molecule is CC/C=C\C/C=C\C/C=C\C/C=C\C/C=C\C/C=C\C/C=C\C/C=C\C/C=C\CCCCCCCCCCCC(=O)OC(COC(=O)CCCCCCCCCCCCCCCC/C=C\C/C=C\C/C=C\C/C=C\C/C=C\C/C=C\CC)COP(=O)([O-])OCC[N+](C)(C)C. The second-order valence-corrected chi connectivity index (χ2v) is 27.0. The minimum atomic E-state index is -4.66. The first-order valence-corrected chi connectivity index (χ1v) is 39.0. The van der Waals surface area contributed by atoms with E-state index >= 15 is 0 Å². The van der Waals surface area contributed by atoms with Crippen LogP contribution in [-0.2, 0) is 32.7 Å². The van der Waals surface area contributed by atoms with E-state index < -0.39 is 26.5 Å². The summed E-state index contributed by atoms with van der Waals surface area (Å²) in [6, 6.07) is 0. The zero-order chi connectivity index (χ0) is 68.3. The molecule has 0 amide bonds. The highest BCUT2D eigenvalue weighted by Gasteiger charge is 2.22. The Morgan fingerprint density at radius 2 is 0.574 bits per heavy atom. The molecule has 9 nitrogen and oxygen atoms in total. The molecule has 0 spiro atoms. The van der Waals surface area contributed by atoms with E-state index in [2.05, 4.69) is 196 Å². The summed E-state index contributed by atoms with van der Waals surface area (Å²) in [4.78, 5) is 38.1. The van der Waals surface area contributed by atoms with Gasteiger partial charge in [-0.2, -0.15) is 0 Å². The summed E-state index contributed by atoms with van der Waals surface area (Å²) < 4.78 is 34.4. The van der Waals surface area contributed by atoms with E-state index in [9.17, 15) is 19.0 Å². The van der Waals surface area contributed by atoms with E-state index in [1.54, 1.807) is 0 Å². The summed E-state index contributed by atoms with van der Waals surface area (Å²) in [5, 5.41) is 0. The Bertz CT molecular complexity index is 2240. The molecule has 532 valence electrons. The van der Waals surface area contributed by atoms with Gasteiger partial charge in [-0.15, -0.1) is 0 Å². The van der Waals surface area contributed by atoms with Gasteiger partial charge < -0.3 is 27.9 Å². The van der Waals surface area contributed by atoms with Crippen LogP contribution < -0.4 is 4.89 Å². The predicted molar refractivity (Wildman–Crippen MR) is 406 cm³/mol. The number of hydrogen-bond acceptors (Lipinski definition) is 8. The molecule has 0 saturated heterocycles. The van der Waals surface area contributed by atoms with Gasteiger partial charge in [0.1, 0.15) is 19.8 Å². The molecule has 0 aromatic carbocycles. The van der Waals surface area contributed by atoms with Crippen LogP contribution in [0.4, 0.5) is 0 Å². The van der Waals surface area contributed by atoms with Gasteiger partial charge in [-0.1, -0.05) is 318 Å². The van der Waals surface area contributed by atoms with Crippen LogP contribution in [0.5, 0.6) is 0 Å². The van der Waals surface area contributed by atoms with Crippen molar-refractivity contribution in [3.05, 3.63) is 182 Å². The molecule has 0 saturated carbocycles. The number of carbonyl (C=O) groups excluding carboxylic acids is 2. The van der Waals surface area contributed by atoms with E-state index in [1.807, 2.05) is 21.1 Å². The summed E-state index contributed by atoms with van der Waals surface area (Å²) in [6.45, 7) is 4.00. The maximum Gasteiger partial charge on any atom is 0.306 e. The maximum atomic E-state index is 12.9. The predicted octanol–water partition coefficient (Wildman–Crippen LogP) is 24.4. The van der Waals surface area contributed by atoms with Crippen LogP contribution in [0, 0.1) is 0 Å². The molecule has 0 aliphatic heterocycles. The number of nitrogens with zero attached hydrogens (tertiary/aromatic N) is 1. The van der Waals surface area contributed by atoms with Crippen molar-refractivity contribution in [1.29, 1.82) is 0 Å². The van der Waals surface area contributed by atoms with Gasteiger partial charge in [0.05, 0.1) is 27.7 Å². The van der Waals surface area contributed by atoms with E-state index in [1.165, 1.54) is 109 Å². The fourth-order valence-corrected chi connectivity index (χ4v) is 10.5. The molecule has 2 atom stereocenters. The van der Waals surface area contributed by atoms with Gasteiger partial charge in [-0.05, 0) is 135 Å². The lowest BCUT2D eigenvalue weighted by molar-refractivity contribution is -0.870. The van der Waals surface area contributed by atoms with Crippen molar-refractivity contribution >= 4 is 19.8 Å². The van der Waals surface area contributed by atoms with Crippen molar-refractivity contribution in [2.24, 2.45) is 0 Å². The Hall–Kier alpha value is -4.89. The molecule has 0 fully saturated rings. The number of allylic oxidation sites excluding steroid dienone is 30. The van der Waals surface area contributed by atoms with Crippen LogP contribution in [0.2, 0.25) is 0 Å². The van der Waals surface area contributed by atoms with Crippen molar-refractivity contribution in [3.63, 3.8) is 0 Å². The van der Waals surface area contributed by atoms with E-state index in [4.69, 9.17) is 18.5 Å². The normalized spacial score (nSPS) is 14.1. The molecule has 0 N–H and O–H groups in total. The number of rotatable bonds is 67. The summed E-state index contributed by atoms with van der Waals surface area (Å²) >= 11 is 0. The summed E-state index contributed by atoms with van der Waals surface area (Å²) in [5.41, 5.74) is 0. The second-order valence-electron chi connectivity index (χ2n) is 25.5. The second kappa shape index (κ2) is 72.4. The van der Waals surface area contributed by atoms with Crippen LogP contribution in [0.1, 0.15) is 284 Å². The fourth-order valence-electron chi connectivity index (χ4n) is 9.77. The molecule has 2 unspecified atom stereocenters. The highest BCUT2D eigenvalue weighted by atomic mass is 31.2. The van der Waals surface area contributed by atoms with Gasteiger partial charge in [-0.25, -0.2) is 0 Å². The Morgan fingerprint density at radius 3 is 0.851 bits per heavy atom. The van der Waals surface area contributed by atoms with Gasteiger partial charge in [0.2, 0.25) is 0 Å². The molecule has 94 heavy (non-hydrogen) atoms.